The summed E-state index contributed by atoms with van der Waals surface area (Å²) in [5.74, 6) is 0. The molecular formula is C14H26N4. The number of likely N-dealkylation sites (tertiary alicyclic amines) is 1. The maximum atomic E-state index is 6.50. The normalized spacial score (nSPS) is 20.7. The molecule has 0 saturated carbocycles. The van der Waals surface area contributed by atoms with Crippen LogP contribution in [0.3, 0.4) is 0 Å². The summed E-state index contributed by atoms with van der Waals surface area (Å²) in [7, 11) is 1.97. The lowest BCUT2D eigenvalue weighted by atomic mass is 9.90. The Morgan fingerprint density at radius 3 is 2.33 bits per heavy atom. The summed E-state index contributed by atoms with van der Waals surface area (Å²) in [5, 5.41) is 4.23. The Balaban J connectivity index is 2.16. The first kappa shape index (κ1) is 13.6. The highest BCUT2D eigenvalue weighted by molar-refractivity contribution is 5.12. The summed E-state index contributed by atoms with van der Waals surface area (Å²) in [6, 6.07) is 2.03. The average Bonchev–Trinajstić information content (AvgIpc) is 2.61. The van der Waals surface area contributed by atoms with Crippen LogP contribution in [0.1, 0.15) is 51.3 Å². The minimum Gasteiger partial charge on any atom is -0.321 e. The van der Waals surface area contributed by atoms with Crippen LogP contribution in [0.25, 0.3) is 0 Å². The van der Waals surface area contributed by atoms with Crippen molar-refractivity contribution in [1.82, 2.24) is 14.7 Å². The third kappa shape index (κ3) is 2.59. The fraction of sp³-hybridized carbons (Fsp3) is 0.786. The predicted octanol–water partition coefficient (Wildman–Crippen LogP) is 2.07. The lowest BCUT2D eigenvalue weighted by molar-refractivity contribution is 0.0952. The highest BCUT2D eigenvalue weighted by Gasteiger charge is 2.35. The maximum Gasteiger partial charge on any atom is 0.0648 e. The van der Waals surface area contributed by atoms with Crippen molar-refractivity contribution in [3.63, 3.8) is 0 Å². The van der Waals surface area contributed by atoms with Crippen LogP contribution in [0.4, 0.5) is 0 Å². The quantitative estimate of drug-likeness (QED) is 0.893. The molecule has 0 spiro atoms. The molecule has 102 valence electrons. The van der Waals surface area contributed by atoms with E-state index in [1.165, 1.54) is 38.8 Å². The number of nitrogens with zero attached hydrogens (tertiary/aromatic N) is 3. The van der Waals surface area contributed by atoms with Crippen molar-refractivity contribution in [2.45, 2.75) is 51.1 Å². The lowest BCUT2D eigenvalue weighted by Crippen LogP contribution is -2.52. The molecule has 1 fully saturated rings. The van der Waals surface area contributed by atoms with Crippen LogP contribution in [-0.2, 0) is 7.05 Å². The molecule has 0 aromatic carbocycles. The van der Waals surface area contributed by atoms with E-state index in [9.17, 15) is 0 Å². The predicted molar refractivity (Wildman–Crippen MR) is 74.3 cm³/mol. The van der Waals surface area contributed by atoms with Crippen molar-refractivity contribution >= 4 is 0 Å². The van der Waals surface area contributed by atoms with Gasteiger partial charge in [-0.25, -0.2) is 0 Å². The topological polar surface area (TPSA) is 47.1 Å². The highest BCUT2D eigenvalue weighted by Crippen LogP contribution is 2.30. The number of rotatable bonds is 3. The molecule has 0 radical (unpaired) electrons. The Hall–Kier alpha value is -0.870. The largest absolute Gasteiger partial charge is 0.321 e. The van der Waals surface area contributed by atoms with Crippen LogP contribution in [0.5, 0.6) is 0 Å². The molecule has 4 nitrogen and oxygen atoms in total. The van der Waals surface area contributed by atoms with Crippen LogP contribution in [0, 0.1) is 0 Å². The summed E-state index contributed by atoms with van der Waals surface area (Å²) in [6.07, 6.45) is 7.12. The zero-order chi connectivity index (χ0) is 13.2. The second-order valence-corrected chi connectivity index (χ2v) is 5.91. The van der Waals surface area contributed by atoms with Gasteiger partial charge >= 0.3 is 0 Å². The molecule has 1 saturated heterocycles. The van der Waals surface area contributed by atoms with Crippen molar-refractivity contribution < 1.29 is 0 Å². The maximum absolute atomic E-state index is 6.50. The van der Waals surface area contributed by atoms with Gasteiger partial charge in [-0.15, -0.1) is 0 Å². The summed E-state index contributed by atoms with van der Waals surface area (Å²) < 4.78 is 1.89. The summed E-state index contributed by atoms with van der Waals surface area (Å²) in [4.78, 5) is 2.55. The van der Waals surface area contributed by atoms with Crippen LogP contribution < -0.4 is 5.73 Å². The molecular weight excluding hydrogens is 224 g/mol. The Morgan fingerprint density at radius 1 is 1.22 bits per heavy atom. The van der Waals surface area contributed by atoms with Crippen molar-refractivity contribution in [2.24, 2.45) is 12.8 Å². The van der Waals surface area contributed by atoms with Crippen molar-refractivity contribution in [3.8, 4) is 0 Å². The minimum absolute atomic E-state index is 0.00287. The summed E-state index contributed by atoms with van der Waals surface area (Å²) >= 11 is 0. The molecule has 2 heterocycles. The Morgan fingerprint density at radius 2 is 1.83 bits per heavy atom. The van der Waals surface area contributed by atoms with Gasteiger partial charge < -0.3 is 5.73 Å². The first-order valence-electron chi connectivity index (χ1n) is 7.02. The van der Waals surface area contributed by atoms with Crippen LogP contribution >= 0.6 is 0 Å². The molecule has 0 bridgehead atoms. The van der Waals surface area contributed by atoms with Gasteiger partial charge in [0.05, 0.1) is 11.7 Å². The zero-order valence-electron chi connectivity index (χ0n) is 11.9. The molecule has 0 aliphatic carbocycles. The third-order valence-electron chi connectivity index (χ3n) is 4.36. The average molecular weight is 250 g/mol. The van der Waals surface area contributed by atoms with Crippen LogP contribution in [-0.4, -0.2) is 33.3 Å². The van der Waals surface area contributed by atoms with E-state index in [1.807, 2.05) is 24.0 Å². The van der Waals surface area contributed by atoms with E-state index in [0.717, 1.165) is 5.69 Å². The Labute approximate surface area is 110 Å². The third-order valence-corrected chi connectivity index (χ3v) is 4.36. The van der Waals surface area contributed by atoms with E-state index in [0.29, 0.717) is 0 Å². The fourth-order valence-corrected chi connectivity index (χ4v) is 2.89. The molecule has 1 aromatic rings. The molecule has 1 aliphatic heterocycles. The lowest BCUT2D eigenvalue weighted by Gasteiger charge is -2.42. The zero-order valence-corrected chi connectivity index (χ0v) is 11.9. The molecule has 2 rings (SSSR count). The van der Waals surface area contributed by atoms with Gasteiger partial charge in [0.2, 0.25) is 0 Å². The Bertz CT molecular complexity index is 375. The van der Waals surface area contributed by atoms with E-state index in [4.69, 9.17) is 5.73 Å². The SMILES string of the molecule is Cn1nccc1C(N)C(C)(C)N1CCCCCC1. The van der Waals surface area contributed by atoms with E-state index < -0.39 is 0 Å². The standard InChI is InChI=1S/C14H26N4/c1-14(2,18-10-6-4-5-7-11-18)13(15)12-8-9-16-17(12)3/h8-9,13H,4-7,10-11,15H2,1-3H3. The second-order valence-electron chi connectivity index (χ2n) is 5.91. The van der Waals surface area contributed by atoms with E-state index in [2.05, 4.69) is 23.8 Å². The van der Waals surface area contributed by atoms with Gasteiger partial charge in [-0.2, -0.15) is 5.10 Å². The van der Waals surface area contributed by atoms with Crippen molar-refractivity contribution in [2.75, 3.05) is 13.1 Å². The van der Waals surface area contributed by atoms with Gasteiger partial charge in [-0.3, -0.25) is 9.58 Å². The van der Waals surface area contributed by atoms with Crippen LogP contribution in [0.15, 0.2) is 12.3 Å². The number of aromatic nitrogens is 2. The summed E-state index contributed by atoms with van der Waals surface area (Å²) in [5.41, 5.74) is 7.60. The molecule has 1 unspecified atom stereocenters. The molecule has 1 atom stereocenters. The number of aryl methyl sites for hydroxylation is 1. The Kier molecular flexibility index (Phi) is 4.07. The molecule has 1 aliphatic rings. The van der Waals surface area contributed by atoms with Gasteiger partial charge in [0.15, 0.2) is 0 Å². The van der Waals surface area contributed by atoms with Crippen molar-refractivity contribution in [1.29, 1.82) is 0 Å². The van der Waals surface area contributed by atoms with Crippen molar-refractivity contribution in [3.05, 3.63) is 18.0 Å². The monoisotopic (exact) mass is 250 g/mol. The number of nitrogens with two attached hydrogens (primary N) is 1. The molecule has 18 heavy (non-hydrogen) atoms. The molecule has 1 aromatic heterocycles. The van der Waals surface area contributed by atoms with Gasteiger partial charge in [0.1, 0.15) is 0 Å². The fourth-order valence-electron chi connectivity index (χ4n) is 2.89. The molecule has 4 heteroatoms. The smallest absolute Gasteiger partial charge is 0.0648 e. The van der Waals surface area contributed by atoms with Crippen LogP contribution in [0.2, 0.25) is 0 Å². The van der Waals surface area contributed by atoms with E-state index in [-0.39, 0.29) is 11.6 Å². The summed E-state index contributed by atoms with van der Waals surface area (Å²) in [6.45, 7) is 6.85. The van der Waals surface area contributed by atoms with E-state index in [1.54, 1.807) is 0 Å². The van der Waals surface area contributed by atoms with Gasteiger partial charge in [-0.05, 0) is 45.8 Å². The highest BCUT2D eigenvalue weighted by atomic mass is 15.3. The van der Waals surface area contributed by atoms with E-state index >= 15 is 0 Å². The first-order chi connectivity index (χ1) is 8.53. The number of hydrogen-bond donors (Lipinski definition) is 1. The molecule has 2 N–H and O–H groups in total. The van der Waals surface area contributed by atoms with Gasteiger partial charge in [0.25, 0.3) is 0 Å². The minimum atomic E-state index is -0.0157. The van der Waals surface area contributed by atoms with Gasteiger partial charge in [-0.1, -0.05) is 12.8 Å². The number of hydrogen-bond acceptors (Lipinski definition) is 3. The molecule has 0 amide bonds. The van der Waals surface area contributed by atoms with Gasteiger partial charge in [0, 0.05) is 18.8 Å². The second kappa shape index (κ2) is 5.41. The first-order valence-corrected chi connectivity index (χ1v) is 7.02.